The average Bonchev–Trinajstić information content (AvgIpc) is 3.07. The molecule has 0 spiro atoms. The van der Waals surface area contributed by atoms with Crippen LogP contribution in [-0.4, -0.2) is 38.4 Å². The highest BCUT2D eigenvalue weighted by Gasteiger charge is 2.41. The van der Waals surface area contributed by atoms with Gasteiger partial charge in [0.15, 0.2) is 0 Å². The second kappa shape index (κ2) is 6.58. The van der Waals surface area contributed by atoms with E-state index in [4.69, 9.17) is 9.47 Å². The Morgan fingerprint density at radius 1 is 1.19 bits per heavy atom. The van der Waals surface area contributed by atoms with Crippen LogP contribution in [-0.2, 0) is 19.7 Å². The summed E-state index contributed by atoms with van der Waals surface area (Å²) in [4.78, 5) is 12.9. The Labute approximate surface area is 125 Å². The van der Waals surface area contributed by atoms with Gasteiger partial charge in [0.2, 0.25) is 5.91 Å². The molecule has 0 unspecified atom stereocenters. The predicted molar refractivity (Wildman–Crippen MR) is 80.2 cm³/mol. The number of nitrogens with one attached hydrogen (secondary N) is 1. The van der Waals surface area contributed by atoms with Gasteiger partial charge in [0, 0.05) is 26.4 Å². The van der Waals surface area contributed by atoms with Gasteiger partial charge in [-0.15, -0.1) is 0 Å². The van der Waals surface area contributed by atoms with Crippen molar-refractivity contribution in [1.82, 2.24) is 5.32 Å². The number of benzene rings is 1. The molecule has 4 nitrogen and oxygen atoms in total. The number of hydrogen-bond acceptors (Lipinski definition) is 3. The first-order valence-corrected chi connectivity index (χ1v) is 7.84. The van der Waals surface area contributed by atoms with Crippen LogP contribution in [0.1, 0.15) is 31.2 Å². The first-order valence-electron chi connectivity index (χ1n) is 7.84. The smallest absolute Gasteiger partial charge is 0.230 e. The van der Waals surface area contributed by atoms with E-state index in [0.29, 0.717) is 19.8 Å². The third-order valence-corrected chi connectivity index (χ3v) is 4.62. The highest BCUT2D eigenvalue weighted by atomic mass is 16.5. The Morgan fingerprint density at radius 3 is 2.62 bits per heavy atom. The lowest BCUT2D eigenvalue weighted by Gasteiger charge is -2.36. The largest absolute Gasteiger partial charge is 0.381 e. The fourth-order valence-corrected chi connectivity index (χ4v) is 3.30. The van der Waals surface area contributed by atoms with E-state index in [1.54, 1.807) is 0 Å². The molecule has 0 aromatic heterocycles. The van der Waals surface area contributed by atoms with Gasteiger partial charge < -0.3 is 14.8 Å². The van der Waals surface area contributed by atoms with Crippen LogP contribution in [0.2, 0.25) is 0 Å². The van der Waals surface area contributed by atoms with Crippen LogP contribution in [0.25, 0.3) is 0 Å². The average molecular weight is 289 g/mol. The maximum Gasteiger partial charge on any atom is 0.230 e. The summed E-state index contributed by atoms with van der Waals surface area (Å²) >= 11 is 0. The number of ether oxygens (including phenoxy) is 2. The van der Waals surface area contributed by atoms with Crippen molar-refractivity contribution in [3.8, 4) is 0 Å². The summed E-state index contributed by atoms with van der Waals surface area (Å²) in [6.45, 7) is 2.72. The highest BCUT2D eigenvalue weighted by Crippen LogP contribution is 2.35. The minimum absolute atomic E-state index is 0.118. The van der Waals surface area contributed by atoms with Crippen molar-refractivity contribution in [3.05, 3.63) is 35.9 Å². The van der Waals surface area contributed by atoms with E-state index in [1.165, 1.54) is 0 Å². The lowest BCUT2D eigenvalue weighted by atomic mass is 9.73. The van der Waals surface area contributed by atoms with Gasteiger partial charge in [-0.25, -0.2) is 0 Å². The first kappa shape index (κ1) is 14.5. The second-order valence-corrected chi connectivity index (χ2v) is 5.91. The summed E-state index contributed by atoms with van der Waals surface area (Å²) in [7, 11) is 0. The topological polar surface area (TPSA) is 47.6 Å². The fourth-order valence-electron chi connectivity index (χ4n) is 3.30. The van der Waals surface area contributed by atoms with E-state index in [0.717, 1.165) is 37.9 Å². The molecule has 114 valence electrons. The number of carbonyl (C=O) groups excluding carboxylic acids is 1. The van der Waals surface area contributed by atoms with Gasteiger partial charge in [-0.2, -0.15) is 0 Å². The van der Waals surface area contributed by atoms with Gasteiger partial charge >= 0.3 is 0 Å². The number of hydrogen-bond donors (Lipinski definition) is 1. The molecule has 0 saturated carbocycles. The van der Waals surface area contributed by atoms with Crippen LogP contribution in [0.4, 0.5) is 0 Å². The zero-order valence-corrected chi connectivity index (χ0v) is 12.3. The van der Waals surface area contributed by atoms with E-state index < -0.39 is 5.41 Å². The molecule has 2 heterocycles. The zero-order valence-electron chi connectivity index (χ0n) is 12.3. The normalized spacial score (nSPS) is 24.7. The van der Waals surface area contributed by atoms with E-state index in [2.05, 4.69) is 17.4 Å². The molecule has 1 N–H and O–H groups in total. The second-order valence-electron chi connectivity index (χ2n) is 5.91. The van der Waals surface area contributed by atoms with E-state index in [9.17, 15) is 4.79 Å². The number of carbonyl (C=O) groups is 1. The van der Waals surface area contributed by atoms with Crippen molar-refractivity contribution in [2.75, 3.05) is 26.4 Å². The molecule has 2 aliphatic heterocycles. The zero-order chi connectivity index (χ0) is 14.5. The van der Waals surface area contributed by atoms with Gasteiger partial charge in [-0.05, 0) is 31.2 Å². The molecule has 2 fully saturated rings. The molecule has 1 atom stereocenters. The minimum atomic E-state index is -0.446. The molecule has 2 saturated heterocycles. The SMILES string of the molecule is O=C(NC[C@H]1CCCO1)C1(c2ccccc2)CCOCC1. The van der Waals surface area contributed by atoms with Crippen molar-refractivity contribution in [2.45, 2.75) is 37.2 Å². The van der Waals surface area contributed by atoms with Gasteiger partial charge in [0.05, 0.1) is 11.5 Å². The number of rotatable bonds is 4. The summed E-state index contributed by atoms with van der Waals surface area (Å²) < 4.78 is 11.1. The van der Waals surface area contributed by atoms with Crippen LogP contribution < -0.4 is 5.32 Å². The first-order chi connectivity index (χ1) is 10.3. The quantitative estimate of drug-likeness (QED) is 0.922. The molecule has 1 aromatic rings. The van der Waals surface area contributed by atoms with Gasteiger partial charge in [-0.3, -0.25) is 4.79 Å². The van der Waals surface area contributed by atoms with Crippen LogP contribution >= 0.6 is 0 Å². The molecule has 3 rings (SSSR count). The Kier molecular flexibility index (Phi) is 4.56. The van der Waals surface area contributed by atoms with Crippen LogP contribution in [0.15, 0.2) is 30.3 Å². The van der Waals surface area contributed by atoms with E-state index >= 15 is 0 Å². The molecular formula is C17H23NO3. The summed E-state index contributed by atoms with van der Waals surface area (Å²) in [5.74, 6) is 0.118. The summed E-state index contributed by atoms with van der Waals surface area (Å²) in [5.41, 5.74) is 0.649. The highest BCUT2D eigenvalue weighted by molar-refractivity contribution is 5.88. The summed E-state index contributed by atoms with van der Waals surface area (Å²) in [6.07, 6.45) is 3.81. The van der Waals surface area contributed by atoms with Crippen molar-refractivity contribution >= 4 is 5.91 Å². The molecular weight excluding hydrogens is 266 g/mol. The Hall–Kier alpha value is -1.39. The minimum Gasteiger partial charge on any atom is -0.381 e. The summed E-state index contributed by atoms with van der Waals surface area (Å²) in [5, 5.41) is 3.11. The molecule has 1 amide bonds. The monoisotopic (exact) mass is 289 g/mol. The maximum atomic E-state index is 12.9. The predicted octanol–water partition coefficient (Wildman–Crippen LogP) is 2.03. The van der Waals surface area contributed by atoms with Crippen molar-refractivity contribution in [2.24, 2.45) is 0 Å². The maximum absolute atomic E-state index is 12.9. The van der Waals surface area contributed by atoms with Gasteiger partial charge in [-0.1, -0.05) is 30.3 Å². The summed E-state index contributed by atoms with van der Waals surface area (Å²) in [6, 6.07) is 10.1. The Bertz CT molecular complexity index is 462. The van der Waals surface area contributed by atoms with Crippen LogP contribution in [0.3, 0.4) is 0 Å². The molecule has 21 heavy (non-hydrogen) atoms. The lowest BCUT2D eigenvalue weighted by Crippen LogP contribution is -2.49. The molecule has 1 aromatic carbocycles. The van der Waals surface area contributed by atoms with E-state index in [-0.39, 0.29) is 12.0 Å². The molecule has 2 aliphatic rings. The third-order valence-electron chi connectivity index (χ3n) is 4.62. The molecule has 0 bridgehead atoms. The van der Waals surface area contributed by atoms with Crippen molar-refractivity contribution in [3.63, 3.8) is 0 Å². The van der Waals surface area contributed by atoms with Gasteiger partial charge in [0.1, 0.15) is 0 Å². The lowest BCUT2D eigenvalue weighted by molar-refractivity contribution is -0.131. The van der Waals surface area contributed by atoms with Crippen molar-refractivity contribution < 1.29 is 14.3 Å². The molecule has 0 radical (unpaired) electrons. The standard InChI is InChI=1S/C17H23NO3/c19-16(18-13-15-7-4-10-21-15)17(8-11-20-12-9-17)14-5-2-1-3-6-14/h1-3,5-6,15H,4,7-13H2,(H,18,19)/t15-/m1/s1. The molecule has 4 heteroatoms. The van der Waals surface area contributed by atoms with Crippen molar-refractivity contribution in [1.29, 1.82) is 0 Å². The van der Waals surface area contributed by atoms with Crippen LogP contribution in [0, 0.1) is 0 Å². The van der Waals surface area contributed by atoms with Gasteiger partial charge in [0.25, 0.3) is 0 Å². The molecule has 0 aliphatic carbocycles. The third kappa shape index (κ3) is 3.11. The van der Waals surface area contributed by atoms with Crippen LogP contribution in [0.5, 0.6) is 0 Å². The van der Waals surface area contributed by atoms with E-state index in [1.807, 2.05) is 18.2 Å². The fraction of sp³-hybridized carbons (Fsp3) is 0.588. The Balaban J connectivity index is 1.73. The number of amides is 1. The Morgan fingerprint density at radius 2 is 1.95 bits per heavy atom.